The molecule has 29 heavy (non-hydrogen) atoms. The average molecular weight is 397 g/mol. The van der Waals surface area contributed by atoms with E-state index in [0.717, 1.165) is 5.56 Å². The minimum absolute atomic E-state index is 0.168. The van der Waals surface area contributed by atoms with Crippen molar-refractivity contribution in [2.24, 2.45) is 7.05 Å². The van der Waals surface area contributed by atoms with Crippen LogP contribution in [0.1, 0.15) is 44.9 Å². The van der Waals surface area contributed by atoms with Crippen LogP contribution >= 0.6 is 0 Å². The first-order chi connectivity index (χ1) is 13.8. The number of rotatable bonds is 6. The molecule has 0 radical (unpaired) electrons. The standard InChI is InChI=1S/C21H20FN3O4/c1-12(14-7-9-15(10-8-14)21(27)28)23-19(26)18-13(2)24-25(3)20(18)29-17-6-4-5-16(22)11-17/h4-12H,1-3H3,(H,23,26)(H,27,28)/t12-/m0/s1. The quantitative estimate of drug-likeness (QED) is 0.659. The molecule has 0 spiro atoms. The van der Waals surface area contributed by atoms with Gasteiger partial charge in [-0.2, -0.15) is 5.10 Å². The topological polar surface area (TPSA) is 93.5 Å². The molecule has 1 atom stereocenters. The van der Waals surface area contributed by atoms with Gasteiger partial charge in [-0.05, 0) is 43.7 Å². The molecule has 0 unspecified atom stereocenters. The summed E-state index contributed by atoms with van der Waals surface area (Å²) < 4.78 is 20.6. The third kappa shape index (κ3) is 4.43. The van der Waals surface area contributed by atoms with E-state index in [-0.39, 0.29) is 28.8 Å². The lowest BCUT2D eigenvalue weighted by Gasteiger charge is -2.15. The second-order valence-electron chi connectivity index (χ2n) is 6.57. The molecule has 8 heteroatoms. The number of carbonyl (C=O) groups excluding carboxylic acids is 1. The molecule has 0 aliphatic heterocycles. The highest BCUT2D eigenvalue weighted by atomic mass is 19.1. The highest BCUT2D eigenvalue weighted by Crippen LogP contribution is 2.28. The number of halogens is 1. The van der Waals surface area contributed by atoms with E-state index in [1.165, 1.54) is 35.0 Å². The van der Waals surface area contributed by atoms with Crippen LogP contribution < -0.4 is 10.1 Å². The Kier molecular flexibility index (Phi) is 5.63. The molecule has 2 aromatic carbocycles. The average Bonchev–Trinajstić information content (AvgIpc) is 2.95. The van der Waals surface area contributed by atoms with Gasteiger partial charge in [-0.15, -0.1) is 0 Å². The number of hydrogen-bond donors (Lipinski definition) is 2. The fourth-order valence-electron chi connectivity index (χ4n) is 2.92. The number of ether oxygens (including phenoxy) is 1. The Morgan fingerprint density at radius 1 is 1.21 bits per heavy atom. The molecule has 2 N–H and O–H groups in total. The fourth-order valence-corrected chi connectivity index (χ4v) is 2.92. The van der Waals surface area contributed by atoms with E-state index in [1.54, 1.807) is 39.1 Å². The first-order valence-electron chi connectivity index (χ1n) is 8.87. The van der Waals surface area contributed by atoms with E-state index in [2.05, 4.69) is 10.4 Å². The van der Waals surface area contributed by atoms with Crippen LogP contribution in [0.25, 0.3) is 0 Å². The van der Waals surface area contributed by atoms with Gasteiger partial charge >= 0.3 is 5.97 Å². The number of carboxylic acids is 1. The van der Waals surface area contributed by atoms with Crippen molar-refractivity contribution in [3.8, 4) is 11.6 Å². The Hall–Kier alpha value is -3.68. The van der Waals surface area contributed by atoms with Crippen LogP contribution in [0.15, 0.2) is 48.5 Å². The number of aryl methyl sites for hydroxylation is 2. The van der Waals surface area contributed by atoms with Gasteiger partial charge in [-0.25, -0.2) is 13.9 Å². The van der Waals surface area contributed by atoms with Gasteiger partial charge in [-0.3, -0.25) is 4.79 Å². The van der Waals surface area contributed by atoms with Gasteiger partial charge in [0, 0.05) is 13.1 Å². The van der Waals surface area contributed by atoms with E-state index in [4.69, 9.17) is 9.84 Å². The second-order valence-corrected chi connectivity index (χ2v) is 6.57. The lowest BCUT2D eigenvalue weighted by molar-refractivity contribution is 0.0696. The summed E-state index contributed by atoms with van der Waals surface area (Å²) in [5.74, 6) is -1.43. The van der Waals surface area contributed by atoms with Gasteiger partial charge in [0.1, 0.15) is 17.1 Å². The van der Waals surface area contributed by atoms with Crippen molar-refractivity contribution in [3.63, 3.8) is 0 Å². The third-order valence-electron chi connectivity index (χ3n) is 4.41. The largest absolute Gasteiger partial charge is 0.478 e. The molecule has 3 aromatic rings. The molecule has 150 valence electrons. The summed E-state index contributed by atoms with van der Waals surface area (Å²) in [5, 5.41) is 16.1. The predicted molar refractivity (Wildman–Crippen MR) is 104 cm³/mol. The van der Waals surface area contributed by atoms with Crippen LogP contribution in [0.5, 0.6) is 11.6 Å². The molecule has 0 saturated heterocycles. The van der Waals surface area contributed by atoms with E-state index >= 15 is 0 Å². The summed E-state index contributed by atoms with van der Waals surface area (Å²) in [6, 6.07) is 11.5. The maximum atomic E-state index is 13.5. The molecule has 1 heterocycles. The SMILES string of the molecule is Cc1nn(C)c(Oc2cccc(F)c2)c1C(=O)N[C@@H](C)c1ccc(C(=O)O)cc1. The summed E-state index contributed by atoms with van der Waals surface area (Å²) in [6.45, 7) is 3.46. The van der Waals surface area contributed by atoms with Crippen LogP contribution in [-0.2, 0) is 7.05 Å². The molecule has 3 rings (SSSR count). The van der Waals surface area contributed by atoms with Crippen LogP contribution in [0, 0.1) is 12.7 Å². The highest BCUT2D eigenvalue weighted by molar-refractivity contribution is 5.98. The zero-order chi connectivity index (χ0) is 21.1. The number of amides is 1. The molecular formula is C21H20FN3O4. The molecule has 0 saturated carbocycles. The van der Waals surface area contributed by atoms with Gasteiger partial charge < -0.3 is 15.2 Å². The van der Waals surface area contributed by atoms with Crippen molar-refractivity contribution >= 4 is 11.9 Å². The van der Waals surface area contributed by atoms with Crippen molar-refractivity contribution in [1.82, 2.24) is 15.1 Å². The highest BCUT2D eigenvalue weighted by Gasteiger charge is 2.24. The van der Waals surface area contributed by atoms with Crippen molar-refractivity contribution in [3.05, 3.63) is 76.7 Å². The normalized spacial score (nSPS) is 11.7. The molecular weight excluding hydrogens is 377 g/mol. The minimum atomic E-state index is -1.02. The van der Waals surface area contributed by atoms with Gasteiger partial charge in [0.05, 0.1) is 17.3 Å². The van der Waals surface area contributed by atoms with Crippen molar-refractivity contribution in [1.29, 1.82) is 0 Å². The number of nitrogens with one attached hydrogen (secondary N) is 1. The van der Waals surface area contributed by atoms with Crippen LogP contribution in [0.2, 0.25) is 0 Å². The molecule has 0 aliphatic carbocycles. The van der Waals surface area contributed by atoms with Crippen LogP contribution in [0.4, 0.5) is 4.39 Å². The van der Waals surface area contributed by atoms with Crippen molar-refractivity contribution < 1.29 is 23.8 Å². The Labute approximate surface area is 166 Å². The first kappa shape index (κ1) is 20.1. The molecule has 1 amide bonds. The van der Waals surface area contributed by atoms with Crippen molar-refractivity contribution in [2.75, 3.05) is 0 Å². The number of carboxylic acid groups (broad SMARTS) is 1. The maximum Gasteiger partial charge on any atom is 0.335 e. The number of carbonyl (C=O) groups is 2. The summed E-state index contributed by atoms with van der Waals surface area (Å²) in [4.78, 5) is 23.9. The van der Waals surface area contributed by atoms with Gasteiger partial charge in [0.25, 0.3) is 5.91 Å². The molecule has 0 bridgehead atoms. The monoisotopic (exact) mass is 397 g/mol. The Morgan fingerprint density at radius 2 is 1.90 bits per heavy atom. The maximum absolute atomic E-state index is 13.5. The number of hydrogen-bond acceptors (Lipinski definition) is 4. The van der Waals surface area contributed by atoms with Gasteiger partial charge in [0.15, 0.2) is 0 Å². The molecule has 7 nitrogen and oxygen atoms in total. The van der Waals surface area contributed by atoms with E-state index in [1.807, 2.05) is 0 Å². The fraction of sp³-hybridized carbons (Fsp3) is 0.190. The number of aromatic carboxylic acids is 1. The predicted octanol–water partition coefficient (Wildman–Crippen LogP) is 3.85. The molecule has 0 aliphatic rings. The Balaban J connectivity index is 1.82. The lowest BCUT2D eigenvalue weighted by atomic mass is 10.1. The molecule has 1 aromatic heterocycles. The van der Waals surface area contributed by atoms with Crippen LogP contribution in [0.3, 0.4) is 0 Å². The van der Waals surface area contributed by atoms with Crippen molar-refractivity contribution in [2.45, 2.75) is 19.9 Å². The van der Waals surface area contributed by atoms with E-state index < -0.39 is 17.7 Å². The number of benzene rings is 2. The smallest absolute Gasteiger partial charge is 0.335 e. The summed E-state index contributed by atoms with van der Waals surface area (Å²) in [5.41, 5.74) is 1.62. The Bertz CT molecular complexity index is 1060. The first-order valence-corrected chi connectivity index (χ1v) is 8.87. The molecule has 0 fully saturated rings. The third-order valence-corrected chi connectivity index (χ3v) is 4.41. The Morgan fingerprint density at radius 3 is 2.52 bits per heavy atom. The second kappa shape index (κ2) is 8.14. The number of nitrogens with zero attached hydrogens (tertiary/aromatic N) is 2. The minimum Gasteiger partial charge on any atom is -0.478 e. The summed E-state index contributed by atoms with van der Waals surface area (Å²) in [6.07, 6.45) is 0. The zero-order valence-corrected chi connectivity index (χ0v) is 16.1. The zero-order valence-electron chi connectivity index (χ0n) is 16.1. The number of aromatic nitrogens is 2. The van der Waals surface area contributed by atoms with Gasteiger partial charge in [0.2, 0.25) is 5.88 Å². The lowest BCUT2D eigenvalue weighted by Crippen LogP contribution is -2.27. The van der Waals surface area contributed by atoms with Crippen LogP contribution in [-0.4, -0.2) is 26.8 Å². The summed E-state index contributed by atoms with van der Waals surface area (Å²) >= 11 is 0. The van der Waals surface area contributed by atoms with E-state index in [0.29, 0.717) is 5.69 Å². The summed E-state index contributed by atoms with van der Waals surface area (Å²) in [7, 11) is 1.63. The van der Waals surface area contributed by atoms with E-state index in [9.17, 15) is 14.0 Å². The van der Waals surface area contributed by atoms with Gasteiger partial charge in [-0.1, -0.05) is 18.2 Å².